The Bertz CT molecular complexity index is 1850. The monoisotopic (exact) mass is 1380 g/mol. The summed E-state index contributed by atoms with van der Waals surface area (Å²) >= 11 is 0. The zero-order valence-electron chi connectivity index (χ0n) is 61.6. The van der Waals surface area contributed by atoms with Gasteiger partial charge in [-0.3, -0.25) is 37.3 Å². The van der Waals surface area contributed by atoms with Crippen molar-refractivity contribution in [2.24, 2.45) is 23.7 Å². The predicted octanol–water partition coefficient (Wildman–Crippen LogP) is 21.7. The van der Waals surface area contributed by atoms with Crippen LogP contribution in [0.5, 0.6) is 0 Å². The topological polar surface area (TPSA) is 237 Å². The molecule has 94 heavy (non-hydrogen) atoms. The number of phosphoric acid groups is 2. The quantitative estimate of drug-likeness (QED) is 0.0222. The lowest BCUT2D eigenvalue weighted by atomic mass is 9.99. The van der Waals surface area contributed by atoms with Gasteiger partial charge in [0, 0.05) is 25.7 Å². The molecule has 17 nitrogen and oxygen atoms in total. The predicted molar refractivity (Wildman–Crippen MR) is 381 cm³/mol. The third-order valence-electron chi connectivity index (χ3n) is 17.7. The van der Waals surface area contributed by atoms with Crippen LogP contribution in [-0.4, -0.2) is 96.7 Å². The number of hydrogen-bond acceptors (Lipinski definition) is 15. The van der Waals surface area contributed by atoms with Crippen molar-refractivity contribution in [3.8, 4) is 0 Å². The summed E-state index contributed by atoms with van der Waals surface area (Å²) in [5.41, 5.74) is 0. The zero-order chi connectivity index (χ0) is 69.6. The minimum Gasteiger partial charge on any atom is -0.462 e. The molecule has 0 spiro atoms. The maximum atomic E-state index is 13.1. The SMILES string of the molecule is CCC(C)CCCCCCCCCCCCC(=O)O[C@H](COC(=O)CCCCCCCCC(C)C)COP(=O)(O)OC[C@H](O)COP(=O)(O)OC[C@@H](COC(=O)CCCCCCCCCCCCCCCCC(C)C)OC(=O)CCCCCCCCCCCCCC(C)C. The van der Waals surface area contributed by atoms with Gasteiger partial charge in [0.15, 0.2) is 12.2 Å². The van der Waals surface area contributed by atoms with Crippen LogP contribution in [0.15, 0.2) is 0 Å². The first-order valence-electron chi connectivity index (χ1n) is 38.7. The molecule has 0 radical (unpaired) electrons. The summed E-state index contributed by atoms with van der Waals surface area (Å²) < 4.78 is 68.5. The van der Waals surface area contributed by atoms with Gasteiger partial charge in [-0.1, -0.05) is 325 Å². The Balaban J connectivity index is 5.24. The van der Waals surface area contributed by atoms with Gasteiger partial charge in [-0.25, -0.2) is 9.13 Å². The standard InChI is InChI=1S/C75H146O17P2/c1-9-68(8)54-46-38-29-23-19-20-26-32-42-50-58-75(80)92-71(62-86-73(78)56-48-40-34-33-37-45-53-67(6)7)64-90-94(83,84)88-60-69(76)59-87-93(81,82)89-63-70(91-74(79)57-49-41-31-25-18-14-16-22-28-36-44-52-66(4)5)61-85-72(77)55-47-39-30-24-17-13-11-10-12-15-21-27-35-43-51-65(2)3/h65-71,76H,9-64H2,1-8H3,(H,81,82)(H,83,84)/t68?,69-,70-,71-/m1/s1. The number of aliphatic hydroxyl groups excluding tert-OH is 1. The molecule has 558 valence electrons. The van der Waals surface area contributed by atoms with E-state index in [2.05, 4.69) is 55.4 Å². The maximum absolute atomic E-state index is 13.1. The molecule has 0 heterocycles. The number of unbranched alkanes of at least 4 members (excludes halogenated alkanes) is 37. The third-order valence-corrected chi connectivity index (χ3v) is 19.6. The number of esters is 4. The lowest BCUT2D eigenvalue weighted by molar-refractivity contribution is -0.161. The lowest BCUT2D eigenvalue weighted by Gasteiger charge is -2.21. The molecule has 3 unspecified atom stereocenters. The Hall–Kier alpha value is -1.94. The minimum atomic E-state index is -4.96. The summed E-state index contributed by atoms with van der Waals surface area (Å²) in [6, 6.07) is 0. The van der Waals surface area contributed by atoms with Gasteiger partial charge in [-0.05, 0) is 49.4 Å². The molecular weight excluding hydrogens is 1230 g/mol. The van der Waals surface area contributed by atoms with Gasteiger partial charge < -0.3 is 33.8 Å². The normalized spacial score (nSPS) is 14.4. The fourth-order valence-electron chi connectivity index (χ4n) is 11.3. The van der Waals surface area contributed by atoms with Crippen LogP contribution in [0, 0.1) is 23.7 Å². The molecule has 0 aromatic carbocycles. The average Bonchev–Trinajstić information content (AvgIpc) is 1.33. The van der Waals surface area contributed by atoms with Crippen LogP contribution >= 0.6 is 15.6 Å². The van der Waals surface area contributed by atoms with E-state index in [0.29, 0.717) is 31.6 Å². The fraction of sp³-hybridized carbons (Fsp3) is 0.947. The summed E-state index contributed by atoms with van der Waals surface area (Å²) in [4.78, 5) is 72.7. The van der Waals surface area contributed by atoms with Crippen molar-refractivity contribution in [2.45, 2.75) is 395 Å². The van der Waals surface area contributed by atoms with Crippen LogP contribution in [0.25, 0.3) is 0 Å². The number of carbonyl (C=O) groups excluding carboxylic acids is 4. The molecule has 0 aliphatic carbocycles. The molecule has 0 bridgehead atoms. The largest absolute Gasteiger partial charge is 0.472 e. The van der Waals surface area contributed by atoms with E-state index in [1.807, 2.05) is 0 Å². The molecule has 0 aromatic heterocycles. The smallest absolute Gasteiger partial charge is 0.462 e. The van der Waals surface area contributed by atoms with Gasteiger partial charge in [0.2, 0.25) is 0 Å². The van der Waals surface area contributed by atoms with Crippen molar-refractivity contribution in [3.63, 3.8) is 0 Å². The highest BCUT2D eigenvalue weighted by Gasteiger charge is 2.30. The van der Waals surface area contributed by atoms with E-state index >= 15 is 0 Å². The molecule has 0 amide bonds. The highest BCUT2D eigenvalue weighted by molar-refractivity contribution is 7.47. The summed E-state index contributed by atoms with van der Waals surface area (Å²) in [7, 11) is -9.91. The van der Waals surface area contributed by atoms with E-state index in [-0.39, 0.29) is 25.7 Å². The van der Waals surface area contributed by atoms with E-state index in [1.54, 1.807) is 0 Å². The number of rotatable bonds is 72. The number of aliphatic hydroxyl groups is 1. The molecule has 3 N–H and O–H groups in total. The summed E-state index contributed by atoms with van der Waals surface area (Å²) in [5.74, 6) is 0.923. The van der Waals surface area contributed by atoms with Crippen LogP contribution in [0.1, 0.15) is 376 Å². The van der Waals surface area contributed by atoms with Gasteiger partial charge in [0.1, 0.15) is 19.3 Å². The fourth-order valence-corrected chi connectivity index (χ4v) is 12.9. The van der Waals surface area contributed by atoms with Crippen LogP contribution in [-0.2, 0) is 65.4 Å². The molecular formula is C75H146O17P2. The Kier molecular flexibility index (Phi) is 63.1. The third kappa shape index (κ3) is 67.3. The number of hydrogen-bond donors (Lipinski definition) is 3. The second-order valence-electron chi connectivity index (χ2n) is 28.7. The van der Waals surface area contributed by atoms with Gasteiger partial charge in [0.05, 0.1) is 26.4 Å². The second kappa shape index (κ2) is 64.4. The van der Waals surface area contributed by atoms with Gasteiger partial charge in [-0.15, -0.1) is 0 Å². The average molecular weight is 1380 g/mol. The Morgan fingerprint density at radius 3 is 0.755 bits per heavy atom. The van der Waals surface area contributed by atoms with E-state index in [0.717, 1.165) is 114 Å². The minimum absolute atomic E-state index is 0.105. The zero-order valence-corrected chi connectivity index (χ0v) is 63.4. The van der Waals surface area contributed by atoms with Crippen LogP contribution in [0.2, 0.25) is 0 Å². The molecule has 0 aromatic rings. The van der Waals surface area contributed by atoms with Crippen LogP contribution in [0.4, 0.5) is 0 Å². The molecule has 19 heteroatoms. The molecule has 0 rings (SSSR count). The Labute approximate surface area is 575 Å². The van der Waals surface area contributed by atoms with Crippen molar-refractivity contribution < 1.29 is 80.2 Å². The van der Waals surface area contributed by atoms with Crippen molar-refractivity contribution in [1.82, 2.24) is 0 Å². The van der Waals surface area contributed by atoms with Crippen molar-refractivity contribution in [2.75, 3.05) is 39.6 Å². The van der Waals surface area contributed by atoms with E-state index in [1.165, 1.54) is 173 Å². The van der Waals surface area contributed by atoms with Crippen LogP contribution < -0.4 is 0 Å². The van der Waals surface area contributed by atoms with Crippen molar-refractivity contribution in [3.05, 3.63) is 0 Å². The van der Waals surface area contributed by atoms with Gasteiger partial charge >= 0.3 is 39.5 Å². The first-order valence-corrected chi connectivity index (χ1v) is 41.7. The molecule has 0 aliphatic heterocycles. The Morgan fingerprint density at radius 1 is 0.298 bits per heavy atom. The molecule has 0 fully saturated rings. The highest BCUT2D eigenvalue weighted by atomic mass is 31.2. The first-order chi connectivity index (χ1) is 45.1. The lowest BCUT2D eigenvalue weighted by Crippen LogP contribution is -2.30. The number of phosphoric ester groups is 2. The maximum Gasteiger partial charge on any atom is 0.472 e. The number of carbonyl (C=O) groups is 4. The van der Waals surface area contributed by atoms with Crippen molar-refractivity contribution >= 4 is 39.5 Å². The molecule has 0 saturated heterocycles. The van der Waals surface area contributed by atoms with Crippen molar-refractivity contribution in [1.29, 1.82) is 0 Å². The van der Waals surface area contributed by atoms with Crippen LogP contribution in [0.3, 0.4) is 0 Å². The second-order valence-corrected chi connectivity index (χ2v) is 31.6. The number of ether oxygens (including phenoxy) is 4. The van der Waals surface area contributed by atoms with Gasteiger partial charge in [-0.2, -0.15) is 0 Å². The van der Waals surface area contributed by atoms with E-state index < -0.39 is 97.5 Å². The van der Waals surface area contributed by atoms with Gasteiger partial charge in [0.25, 0.3) is 0 Å². The molecule has 0 saturated carbocycles. The summed E-state index contributed by atoms with van der Waals surface area (Å²) in [6.45, 7) is 14.2. The highest BCUT2D eigenvalue weighted by Crippen LogP contribution is 2.45. The van der Waals surface area contributed by atoms with E-state index in [9.17, 15) is 43.2 Å². The Morgan fingerprint density at radius 2 is 0.511 bits per heavy atom. The van der Waals surface area contributed by atoms with E-state index in [4.69, 9.17) is 37.0 Å². The summed E-state index contributed by atoms with van der Waals surface area (Å²) in [6.07, 6.45) is 48.6. The molecule has 0 aliphatic rings. The summed E-state index contributed by atoms with van der Waals surface area (Å²) in [5, 5.41) is 10.6. The molecule has 6 atom stereocenters. The first kappa shape index (κ1) is 92.1.